The van der Waals surface area contributed by atoms with E-state index in [1.165, 1.54) is 0 Å². The summed E-state index contributed by atoms with van der Waals surface area (Å²) in [5.74, 6) is 1.61. The van der Waals surface area contributed by atoms with Gasteiger partial charge in [0.15, 0.2) is 6.61 Å². The average molecular weight is 367 g/mol. The number of hydrogen-bond donors (Lipinski definition) is 1. The minimum absolute atomic E-state index is 0.365. The van der Waals surface area contributed by atoms with E-state index in [0.29, 0.717) is 30.4 Å². The van der Waals surface area contributed by atoms with Crippen LogP contribution in [0, 0.1) is 13.8 Å². The topological polar surface area (TPSA) is 81.8 Å². The molecule has 2 aromatic carbocycles. The minimum Gasteiger partial charge on any atom is -0.493 e. The number of aryl methyl sites for hydroxylation is 2. The monoisotopic (exact) mass is 367 g/mol. The van der Waals surface area contributed by atoms with E-state index in [4.69, 9.17) is 19.0 Å². The molecule has 1 aromatic heterocycles. The zero-order chi connectivity index (χ0) is 19.2. The summed E-state index contributed by atoms with van der Waals surface area (Å²) in [6.07, 6.45) is 0.623. The molecular weight excluding hydrogens is 346 g/mol. The van der Waals surface area contributed by atoms with Crippen LogP contribution in [-0.2, 0) is 11.2 Å². The first kappa shape index (κ1) is 18.5. The predicted octanol–water partition coefficient (Wildman–Crippen LogP) is 4.04. The van der Waals surface area contributed by atoms with Crippen molar-refractivity contribution in [2.45, 2.75) is 20.3 Å². The second kappa shape index (κ2) is 8.40. The lowest BCUT2D eigenvalue weighted by Crippen LogP contribution is -2.10. The number of carbonyl (C=O) groups is 1. The van der Waals surface area contributed by atoms with Gasteiger partial charge in [0.2, 0.25) is 5.89 Å². The van der Waals surface area contributed by atoms with Crippen molar-refractivity contribution in [3.05, 3.63) is 65.5 Å². The number of benzene rings is 2. The summed E-state index contributed by atoms with van der Waals surface area (Å²) in [4.78, 5) is 15.1. The number of aliphatic carboxylic acids is 1. The van der Waals surface area contributed by atoms with Crippen molar-refractivity contribution in [3.63, 3.8) is 0 Å². The minimum atomic E-state index is -1.01. The average Bonchev–Trinajstić information content (AvgIpc) is 3.02. The third-order valence-electron chi connectivity index (χ3n) is 4.02. The third-order valence-corrected chi connectivity index (χ3v) is 4.02. The Morgan fingerprint density at radius 1 is 1.11 bits per heavy atom. The smallest absolute Gasteiger partial charge is 0.341 e. The normalized spacial score (nSPS) is 10.6. The standard InChI is InChI=1S/C21H21NO5/c1-14-12-17(8-9-19(14)26-13-20(23)24)25-11-10-18-15(2)27-21(22-18)16-6-4-3-5-7-16/h3-9,12H,10-11,13H2,1-2H3,(H,23,24). The molecule has 0 saturated carbocycles. The highest BCUT2D eigenvalue weighted by molar-refractivity contribution is 5.68. The molecular formula is C21H21NO5. The Balaban J connectivity index is 1.58. The van der Waals surface area contributed by atoms with Crippen LogP contribution >= 0.6 is 0 Å². The molecule has 0 aliphatic rings. The van der Waals surface area contributed by atoms with Gasteiger partial charge in [-0.05, 0) is 49.7 Å². The summed E-state index contributed by atoms with van der Waals surface area (Å²) < 4.78 is 16.8. The van der Waals surface area contributed by atoms with Gasteiger partial charge in [-0.3, -0.25) is 0 Å². The molecule has 0 aliphatic carbocycles. The van der Waals surface area contributed by atoms with Crippen LogP contribution in [0.5, 0.6) is 11.5 Å². The lowest BCUT2D eigenvalue weighted by atomic mass is 10.2. The fourth-order valence-corrected chi connectivity index (χ4v) is 2.64. The zero-order valence-corrected chi connectivity index (χ0v) is 15.3. The zero-order valence-electron chi connectivity index (χ0n) is 15.3. The van der Waals surface area contributed by atoms with Crippen LogP contribution in [0.4, 0.5) is 0 Å². The summed E-state index contributed by atoms with van der Waals surface area (Å²) in [7, 11) is 0. The van der Waals surface area contributed by atoms with E-state index in [1.807, 2.05) is 50.2 Å². The van der Waals surface area contributed by atoms with Crippen LogP contribution in [0.25, 0.3) is 11.5 Å². The summed E-state index contributed by atoms with van der Waals surface area (Å²) in [5, 5.41) is 8.68. The van der Waals surface area contributed by atoms with Crippen molar-refractivity contribution in [2.24, 2.45) is 0 Å². The van der Waals surface area contributed by atoms with Crippen molar-refractivity contribution >= 4 is 5.97 Å². The van der Waals surface area contributed by atoms with E-state index in [9.17, 15) is 4.79 Å². The number of nitrogens with zero attached hydrogens (tertiary/aromatic N) is 1. The molecule has 0 aliphatic heterocycles. The van der Waals surface area contributed by atoms with E-state index >= 15 is 0 Å². The number of oxazole rings is 1. The molecule has 0 fully saturated rings. The second-order valence-corrected chi connectivity index (χ2v) is 6.10. The molecule has 0 amide bonds. The maximum absolute atomic E-state index is 10.6. The van der Waals surface area contributed by atoms with Crippen LogP contribution in [0.15, 0.2) is 52.9 Å². The summed E-state index contributed by atoms with van der Waals surface area (Å²) >= 11 is 0. The molecule has 1 N–H and O–H groups in total. The Bertz CT molecular complexity index is 918. The van der Waals surface area contributed by atoms with Crippen molar-refractivity contribution in [2.75, 3.05) is 13.2 Å². The largest absolute Gasteiger partial charge is 0.493 e. The lowest BCUT2D eigenvalue weighted by Gasteiger charge is -2.10. The van der Waals surface area contributed by atoms with E-state index in [1.54, 1.807) is 12.1 Å². The quantitative estimate of drug-likeness (QED) is 0.647. The molecule has 140 valence electrons. The Hall–Kier alpha value is -3.28. The summed E-state index contributed by atoms with van der Waals surface area (Å²) in [6, 6.07) is 15.1. The van der Waals surface area contributed by atoms with Crippen LogP contribution in [-0.4, -0.2) is 29.3 Å². The molecule has 0 saturated heterocycles. The second-order valence-electron chi connectivity index (χ2n) is 6.10. The maximum atomic E-state index is 10.6. The molecule has 27 heavy (non-hydrogen) atoms. The Kier molecular flexibility index (Phi) is 5.76. The molecule has 0 atom stereocenters. The fraction of sp³-hybridized carbons (Fsp3) is 0.238. The van der Waals surface area contributed by atoms with Gasteiger partial charge in [0.05, 0.1) is 12.3 Å². The van der Waals surface area contributed by atoms with Crippen LogP contribution in [0.3, 0.4) is 0 Å². The first-order valence-corrected chi connectivity index (χ1v) is 8.62. The van der Waals surface area contributed by atoms with Gasteiger partial charge >= 0.3 is 5.97 Å². The van der Waals surface area contributed by atoms with Gasteiger partial charge in [0, 0.05) is 12.0 Å². The number of rotatable bonds is 8. The van der Waals surface area contributed by atoms with Gasteiger partial charge in [-0.25, -0.2) is 9.78 Å². The van der Waals surface area contributed by atoms with Gasteiger partial charge in [0.1, 0.15) is 17.3 Å². The molecule has 3 rings (SSSR count). The van der Waals surface area contributed by atoms with E-state index in [2.05, 4.69) is 4.98 Å². The van der Waals surface area contributed by atoms with E-state index < -0.39 is 5.97 Å². The van der Waals surface area contributed by atoms with Crippen LogP contribution in [0.2, 0.25) is 0 Å². The lowest BCUT2D eigenvalue weighted by molar-refractivity contribution is -0.139. The van der Waals surface area contributed by atoms with Crippen molar-refractivity contribution in [3.8, 4) is 23.0 Å². The van der Waals surface area contributed by atoms with Crippen LogP contribution in [0.1, 0.15) is 17.0 Å². The Morgan fingerprint density at radius 3 is 2.59 bits per heavy atom. The van der Waals surface area contributed by atoms with Crippen molar-refractivity contribution in [1.29, 1.82) is 0 Å². The highest BCUT2D eigenvalue weighted by Gasteiger charge is 2.11. The number of aromatic nitrogens is 1. The molecule has 1 heterocycles. The predicted molar refractivity (Wildman–Crippen MR) is 100 cm³/mol. The van der Waals surface area contributed by atoms with Crippen molar-refractivity contribution < 1.29 is 23.8 Å². The highest BCUT2D eigenvalue weighted by atomic mass is 16.5. The van der Waals surface area contributed by atoms with Gasteiger partial charge in [-0.1, -0.05) is 18.2 Å². The molecule has 6 heteroatoms. The Morgan fingerprint density at radius 2 is 1.89 bits per heavy atom. The molecule has 3 aromatic rings. The van der Waals surface area contributed by atoms with Crippen LogP contribution < -0.4 is 9.47 Å². The van der Waals surface area contributed by atoms with E-state index in [-0.39, 0.29) is 6.61 Å². The molecule has 0 spiro atoms. The molecule has 0 radical (unpaired) electrons. The fourth-order valence-electron chi connectivity index (χ4n) is 2.64. The number of hydrogen-bond acceptors (Lipinski definition) is 5. The first-order chi connectivity index (χ1) is 13.0. The summed E-state index contributed by atoms with van der Waals surface area (Å²) in [5.41, 5.74) is 2.63. The first-order valence-electron chi connectivity index (χ1n) is 8.62. The number of carboxylic acids is 1. The maximum Gasteiger partial charge on any atom is 0.341 e. The summed E-state index contributed by atoms with van der Waals surface area (Å²) in [6.45, 7) is 3.83. The molecule has 6 nitrogen and oxygen atoms in total. The molecule has 0 unspecified atom stereocenters. The Labute approximate surface area is 157 Å². The number of ether oxygens (including phenoxy) is 2. The number of carboxylic acid groups (broad SMARTS) is 1. The van der Waals surface area contributed by atoms with Crippen molar-refractivity contribution in [1.82, 2.24) is 4.98 Å². The third kappa shape index (κ3) is 4.88. The molecule has 0 bridgehead atoms. The van der Waals surface area contributed by atoms with Gasteiger partial charge in [-0.2, -0.15) is 0 Å². The SMILES string of the molecule is Cc1cc(OCCc2nc(-c3ccccc3)oc2C)ccc1OCC(=O)O. The van der Waals surface area contributed by atoms with E-state index in [0.717, 1.165) is 22.6 Å². The van der Waals surface area contributed by atoms with Gasteiger partial charge in [0.25, 0.3) is 0 Å². The van der Waals surface area contributed by atoms with Gasteiger partial charge < -0.3 is 19.0 Å². The highest BCUT2D eigenvalue weighted by Crippen LogP contribution is 2.24. The van der Waals surface area contributed by atoms with Gasteiger partial charge in [-0.15, -0.1) is 0 Å².